The second kappa shape index (κ2) is 12.6. The minimum absolute atomic E-state index is 0.0624. The van der Waals surface area contributed by atoms with E-state index in [1.807, 2.05) is 54.7 Å². The lowest BCUT2D eigenvalue weighted by Gasteiger charge is -2.36. The van der Waals surface area contributed by atoms with Crippen molar-refractivity contribution >= 4 is 23.0 Å². The lowest BCUT2D eigenvalue weighted by atomic mass is 10.0. The van der Waals surface area contributed by atoms with Crippen LogP contribution in [0.5, 0.6) is 11.5 Å². The van der Waals surface area contributed by atoms with Crippen molar-refractivity contribution in [3.05, 3.63) is 76.5 Å². The summed E-state index contributed by atoms with van der Waals surface area (Å²) in [5.41, 5.74) is 1.15. The van der Waals surface area contributed by atoms with Crippen molar-refractivity contribution < 1.29 is 14.3 Å². The van der Waals surface area contributed by atoms with Gasteiger partial charge in [-0.1, -0.05) is 36.8 Å². The van der Waals surface area contributed by atoms with Gasteiger partial charge in [0.15, 0.2) is 5.75 Å². The Kier molecular flexibility index (Phi) is 8.76. The third kappa shape index (κ3) is 6.72. The molecule has 6 nitrogen and oxygen atoms in total. The Morgan fingerprint density at radius 1 is 0.865 bits per heavy atom. The molecule has 3 aromatic rings. The Balaban J connectivity index is 1.14. The summed E-state index contributed by atoms with van der Waals surface area (Å²) in [4.78, 5) is 22.4. The molecule has 3 heterocycles. The SMILES string of the molecule is CCOC(=O)C1CCCCN1Cc1ccc(CN2CCN(c3ccccc3Oc3ccccc3)CC2)s1. The van der Waals surface area contributed by atoms with Crippen LogP contribution in [0, 0.1) is 0 Å². The van der Waals surface area contributed by atoms with Crippen molar-refractivity contribution in [3.63, 3.8) is 0 Å². The van der Waals surface area contributed by atoms with Crippen molar-refractivity contribution in [2.75, 3.05) is 44.2 Å². The van der Waals surface area contributed by atoms with Gasteiger partial charge in [-0.25, -0.2) is 0 Å². The molecule has 0 saturated carbocycles. The van der Waals surface area contributed by atoms with E-state index in [0.717, 1.165) is 82.3 Å². The molecule has 2 aliphatic rings. The number of nitrogens with zero attached hydrogens (tertiary/aromatic N) is 3. The van der Waals surface area contributed by atoms with Gasteiger partial charge in [-0.3, -0.25) is 14.6 Å². The Bertz CT molecular complexity index is 1140. The largest absolute Gasteiger partial charge is 0.465 e. The Morgan fingerprint density at radius 2 is 1.59 bits per heavy atom. The molecule has 0 spiro atoms. The lowest BCUT2D eigenvalue weighted by Crippen LogP contribution is -2.46. The summed E-state index contributed by atoms with van der Waals surface area (Å²) in [6, 6.07) is 22.7. The average molecular weight is 520 g/mol. The predicted octanol–water partition coefficient (Wildman–Crippen LogP) is 5.78. The monoisotopic (exact) mass is 519 g/mol. The summed E-state index contributed by atoms with van der Waals surface area (Å²) < 4.78 is 11.5. The fourth-order valence-electron chi connectivity index (χ4n) is 5.27. The van der Waals surface area contributed by atoms with E-state index in [4.69, 9.17) is 9.47 Å². The maximum absolute atomic E-state index is 12.4. The fraction of sp³-hybridized carbons (Fsp3) is 0.433. The molecule has 0 aliphatic carbocycles. The Labute approximate surface area is 224 Å². The number of ether oxygens (including phenoxy) is 2. The van der Waals surface area contributed by atoms with Crippen LogP contribution in [-0.4, -0.2) is 61.1 Å². The van der Waals surface area contributed by atoms with E-state index in [1.165, 1.54) is 9.75 Å². The molecule has 2 saturated heterocycles. The highest BCUT2D eigenvalue weighted by Gasteiger charge is 2.30. The van der Waals surface area contributed by atoms with E-state index in [2.05, 4.69) is 45.0 Å². The van der Waals surface area contributed by atoms with Crippen molar-refractivity contribution in [1.82, 2.24) is 9.80 Å². The topological polar surface area (TPSA) is 45.2 Å². The molecule has 0 N–H and O–H groups in total. The van der Waals surface area contributed by atoms with Gasteiger partial charge in [0.05, 0.1) is 12.3 Å². The number of hydrogen-bond acceptors (Lipinski definition) is 7. The van der Waals surface area contributed by atoms with Crippen molar-refractivity contribution in [1.29, 1.82) is 0 Å². The molecule has 2 aliphatic heterocycles. The zero-order valence-electron chi connectivity index (χ0n) is 21.7. The standard InChI is InChI=1S/C30H37N3O3S/c1-2-35-30(34)28-13-8-9-17-33(28)23-26-16-15-25(37-26)22-31-18-20-32(21-19-31)27-12-6-7-14-29(27)36-24-10-4-3-5-11-24/h3-7,10-12,14-16,28H,2,8-9,13,17-23H2,1H3. The second-order valence-corrected chi connectivity index (χ2v) is 11.0. The summed E-state index contributed by atoms with van der Waals surface area (Å²) >= 11 is 1.88. The smallest absolute Gasteiger partial charge is 0.323 e. The molecule has 0 amide bonds. The zero-order chi connectivity index (χ0) is 25.5. The second-order valence-electron chi connectivity index (χ2n) is 9.75. The van der Waals surface area contributed by atoms with Gasteiger partial charge in [0.2, 0.25) is 0 Å². The molecular weight excluding hydrogens is 482 g/mol. The van der Waals surface area contributed by atoms with Crippen LogP contribution in [-0.2, 0) is 22.6 Å². The van der Waals surface area contributed by atoms with E-state index >= 15 is 0 Å². The number of rotatable bonds is 9. The maximum atomic E-state index is 12.4. The first-order chi connectivity index (χ1) is 18.2. The minimum atomic E-state index is -0.0962. The number of para-hydroxylation sites is 3. The molecule has 2 fully saturated rings. The van der Waals surface area contributed by atoms with E-state index in [9.17, 15) is 4.79 Å². The third-order valence-electron chi connectivity index (χ3n) is 7.18. The highest BCUT2D eigenvalue weighted by atomic mass is 32.1. The highest BCUT2D eigenvalue weighted by molar-refractivity contribution is 7.11. The molecule has 37 heavy (non-hydrogen) atoms. The van der Waals surface area contributed by atoms with Gasteiger partial charge in [-0.15, -0.1) is 11.3 Å². The molecule has 0 radical (unpaired) electrons. The summed E-state index contributed by atoms with van der Waals surface area (Å²) in [5, 5.41) is 0. The number of hydrogen-bond donors (Lipinski definition) is 0. The number of carbonyl (C=O) groups is 1. The van der Waals surface area contributed by atoms with Gasteiger partial charge < -0.3 is 14.4 Å². The Morgan fingerprint density at radius 3 is 2.38 bits per heavy atom. The molecule has 2 aromatic carbocycles. The third-order valence-corrected chi connectivity index (χ3v) is 8.23. The van der Waals surface area contributed by atoms with Crippen LogP contribution >= 0.6 is 11.3 Å². The lowest BCUT2D eigenvalue weighted by molar-refractivity contribution is -0.151. The van der Waals surface area contributed by atoms with Gasteiger partial charge in [0.1, 0.15) is 11.8 Å². The van der Waals surface area contributed by atoms with Gasteiger partial charge in [-0.05, 0) is 62.7 Å². The number of likely N-dealkylation sites (tertiary alicyclic amines) is 1. The van der Waals surface area contributed by atoms with Crippen LogP contribution in [0.1, 0.15) is 35.9 Å². The van der Waals surface area contributed by atoms with E-state index in [0.29, 0.717) is 6.61 Å². The normalized spacial score (nSPS) is 19.1. The van der Waals surface area contributed by atoms with E-state index < -0.39 is 0 Å². The number of thiophene rings is 1. The van der Waals surface area contributed by atoms with Crippen LogP contribution < -0.4 is 9.64 Å². The Hall–Kier alpha value is -2.87. The predicted molar refractivity (Wildman–Crippen MR) is 149 cm³/mol. The average Bonchev–Trinajstić information content (AvgIpc) is 3.37. The summed E-state index contributed by atoms with van der Waals surface area (Å²) in [6.07, 6.45) is 3.16. The van der Waals surface area contributed by atoms with Crippen LogP contribution in [0.3, 0.4) is 0 Å². The van der Waals surface area contributed by atoms with Crippen molar-refractivity contribution in [3.8, 4) is 11.5 Å². The fourth-order valence-corrected chi connectivity index (χ4v) is 6.35. The van der Waals surface area contributed by atoms with E-state index in [-0.39, 0.29) is 12.0 Å². The highest BCUT2D eigenvalue weighted by Crippen LogP contribution is 2.33. The first-order valence-corrected chi connectivity index (χ1v) is 14.3. The van der Waals surface area contributed by atoms with Crippen LogP contribution in [0.15, 0.2) is 66.7 Å². The van der Waals surface area contributed by atoms with Crippen LogP contribution in [0.4, 0.5) is 5.69 Å². The summed E-state index contributed by atoms with van der Waals surface area (Å²) in [6.45, 7) is 9.09. The zero-order valence-corrected chi connectivity index (χ0v) is 22.5. The number of carbonyl (C=O) groups excluding carboxylic acids is 1. The van der Waals surface area contributed by atoms with Crippen molar-refractivity contribution in [2.24, 2.45) is 0 Å². The van der Waals surface area contributed by atoms with Gasteiger partial charge >= 0.3 is 5.97 Å². The molecule has 7 heteroatoms. The number of piperidine rings is 1. The van der Waals surface area contributed by atoms with Gasteiger partial charge in [0.25, 0.3) is 0 Å². The molecule has 1 atom stereocenters. The van der Waals surface area contributed by atoms with Crippen LogP contribution in [0.25, 0.3) is 0 Å². The summed E-state index contributed by atoms with van der Waals surface area (Å²) in [5.74, 6) is 1.71. The molecule has 1 unspecified atom stereocenters. The number of anilines is 1. The quantitative estimate of drug-likeness (QED) is 0.334. The maximum Gasteiger partial charge on any atom is 0.323 e. The van der Waals surface area contributed by atoms with Gasteiger partial charge in [-0.2, -0.15) is 0 Å². The first-order valence-electron chi connectivity index (χ1n) is 13.5. The molecule has 1 aromatic heterocycles. The number of piperazine rings is 1. The number of benzene rings is 2. The molecule has 196 valence electrons. The van der Waals surface area contributed by atoms with Gasteiger partial charge in [0, 0.05) is 49.0 Å². The molecule has 0 bridgehead atoms. The van der Waals surface area contributed by atoms with Crippen LogP contribution in [0.2, 0.25) is 0 Å². The van der Waals surface area contributed by atoms with E-state index in [1.54, 1.807) is 0 Å². The molecule has 5 rings (SSSR count). The summed E-state index contributed by atoms with van der Waals surface area (Å²) in [7, 11) is 0. The molecular formula is C30H37N3O3S. The minimum Gasteiger partial charge on any atom is -0.465 e. The first kappa shape index (κ1) is 25.8. The number of esters is 1. The van der Waals surface area contributed by atoms with Crippen molar-refractivity contribution in [2.45, 2.75) is 45.3 Å².